The second kappa shape index (κ2) is 11.2. The van der Waals surface area contributed by atoms with Gasteiger partial charge in [-0.15, -0.1) is 0 Å². The van der Waals surface area contributed by atoms with Gasteiger partial charge in [0.25, 0.3) is 0 Å². The summed E-state index contributed by atoms with van der Waals surface area (Å²) >= 11 is 0. The van der Waals surface area contributed by atoms with Crippen LogP contribution in [0.15, 0.2) is 0 Å². The summed E-state index contributed by atoms with van der Waals surface area (Å²) in [6.45, 7) is -0.869. The van der Waals surface area contributed by atoms with Gasteiger partial charge < -0.3 is 82.7 Å². The molecule has 1 unspecified atom stereocenters. The van der Waals surface area contributed by atoms with Crippen LogP contribution in [0, 0.1) is 0 Å². The Bertz CT molecular complexity index is 612. The van der Waals surface area contributed by atoms with Crippen molar-refractivity contribution < 1.29 is 59.8 Å². The van der Waals surface area contributed by atoms with E-state index in [0.717, 1.165) is 0 Å². The van der Waals surface area contributed by atoms with E-state index < -0.39 is 104 Å². The van der Waals surface area contributed by atoms with E-state index in [-0.39, 0.29) is 6.54 Å². The van der Waals surface area contributed by atoms with Gasteiger partial charge in [0.05, 0.1) is 30.8 Å². The highest BCUT2D eigenvalue weighted by molar-refractivity contribution is 5.06. The molecule has 0 spiro atoms. The van der Waals surface area contributed by atoms with Crippen LogP contribution in [-0.4, -0.2) is 152 Å². The molecule has 34 heavy (non-hydrogen) atoms. The number of ether oxygens (including phenoxy) is 4. The van der Waals surface area contributed by atoms with Gasteiger partial charge >= 0.3 is 0 Å². The minimum absolute atomic E-state index is 0.224. The summed E-state index contributed by atoms with van der Waals surface area (Å²) in [5, 5.41) is 81.5. The Labute approximate surface area is 194 Å². The molecule has 3 rings (SSSR count). The predicted octanol–water partition coefficient (Wildman–Crippen LogP) is -8.32. The maximum Gasteiger partial charge on any atom is 0.187 e. The van der Waals surface area contributed by atoms with Crippen LogP contribution < -0.4 is 22.9 Å². The van der Waals surface area contributed by atoms with Crippen LogP contribution in [-0.2, 0) is 18.9 Å². The predicted molar refractivity (Wildman–Crippen MR) is 109 cm³/mol. The molecule has 2 aliphatic heterocycles. The van der Waals surface area contributed by atoms with Crippen molar-refractivity contribution in [1.82, 2.24) is 0 Å². The molecule has 3 fully saturated rings. The van der Waals surface area contributed by atoms with E-state index in [1.165, 1.54) is 0 Å². The van der Waals surface area contributed by atoms with Gasteiger partial charge in [-0.1, -0.05) is 0 Å². The highest BCUT2D eigenvalue weighted by Crippen LogP contribution is 2.31. The Hall–Kier alpha value is -0.640. The molecule has 1 saturated carbocycles. The third-order valence-corrected chi connectivity index (χ3v) is 6.64. The summed E-state index contributed by atoms with van der Waals surface area (Å²) in [4.78, 5) is 0. The van der Waals surface area contributed by atoms with E-state index in [9.17, 15) is 40.9 Å². The molecular formula is C18H36N4O12. The van der Waals surface area contributed by atoms with Gasteiger partial charge in [-0.2, -0.15) is 0 Å². The first-order valence-electron chi connectivity index (χ1n) is 10.9. The Morgan fingerprint density at radius 1 is 0.559 bits per heavy atom. The van der Waals surface area contributed by atoms with Crippen molar-refractivity contribution in [3.63, 3.8) is 0 Å². The van der Waals surface area contributed by atoms with Crippen molar-refractivity contribution in [3.05, 3.63) is 0 Å². The molecule has 0 amide bonds. The standard InChI is InChI=1S/C18H36N4O12/c19-1-3-9(25)12(28)13(29)18(31-3)34-16-7(22)10(26)6(21)15(14(16)30)33-17-11(27)5(20)8(24)4(2-23)32-17/h3-18,23-30H,1-2,19-22H2/t3-,4-,5+,6-,7+,8-,9-,10?,11-,12+,13-,14-,15+,16-,17-,18-/m1/s1. The van der Waals surface area contributed by atoms with E-state index in [1.54, 1.807) is 0 Å². The molecule has 16 heteroatoms. The Morgan fingerprint density at radius 3 is 1.56 bits per heavy atom. The first-order valence-corrected chi connectivity index (χ1v) is 10.9. The molecule has 0 bridgehead atoms. The fourth-order valence-electron chi connectivity index (χ4n) is 4.39. The van der Waals surface area contributed by atoms with Gasteiger partial charge in [0.1, 0.15) is 61.0 Å². The topological polar surface area (TPSA) is 303 Å². The molecule has 16 atom stereocenters. The van der Waals surface area contributed by atoms with E-state index >= 15 is 0 Å². The zero-order valence-electron chi connectivity index (χ0n) is 18.2. The van der Waals surface area contributed by atoms with Crippen LogP contribution in [0.4, 0.5) is 0 Å². The zero-order chi connectivity index (χ0) is 25.5. The number of nitrogens with two attached hydrogens (primary N) is 4. The lowest BCUT2D eigenvalue weighted by molar-refractivity contribution is -0.336. The summed E-state index contributed by atoms with van der Waals surface area (Å²) in [5.41, 5.74) is 23.3. The van der Waals surface area contributed by atoms with Crippen molar-refractivity contribution in [2.45, 2.75) is 97.8 Å². The molecule has 2 saturated heterocycles. The van der Waals surface area contributed by atoms with Gasteiger partial charge in [-0.25, -0.2) is 0 Å². The van der Waals surface area contributed by atoms with Crippen molar-refractivity contribution in [2.75, 3.05) is 13.2 Å². The zero-order valence-corrected chi connectivity index (χ0v) is 18.2. The molecule has 0 aromatic carbocycles. The number of hydrogen-bond acceptors (Lipinski definition) is 16. The second-order valence-corrected chi connectivity index (χ2v) is 8.87. The molecule has 16 nitrogen and oxygen atoms in total. The number of aliphatic hydroxyl groups excluding tert-OH is 8. The minimum Gasteiger partial charge on any atom is -0.394 e. The number of aliphatic hydroxyl groups is 8. The fourth-order valence-corrected chi connectivity index (χ4v) is 4.39. The minimum atomic E-state index is -1.75. The van der Waals surface area contributed by atoms with Crippen molar-refractivity contribution in [3.8, 4) is 0 Å². The SMILES string of the molecule is NC[C@H]1O[C@H](O[C@H]2[C@H](O)[C@@H](O[C@H]3O[C@H](CO)[C@@H](O)[C@H](N)[C@H]3O)[C@H](N)C(O)[C@@H]2N)[C@H](O)[C@@H](O)[C@@H]1O. The monoisotopic (exact) mass is 500 g/mol. The van der Waals surface area contributed by atoms with Gasteiger partial charge in [0.15, 0.2) is 12.6 Å². The van der Waals surface area contributed by atoms with E-state index in [2.05, 4.69) is 0 Å². The van der Waals surface area contributed by atoms with Crippen LogP contribution in [0.1, 0.15) is 0 Å². The summed E-state index contributed by atoms with van der Waals surface area (Å²) in [6.07, 6.45) is -19.5. The highest BCUT2D eigenvalue weighted by Gasteiger charge is 2.54. The average Bonchev–Trinajstić information content (AvgIpc) is 2.82. The van der Waals surface area contributed by atoms with Crippen LogP contribution in [0.5, 0.6) is 0 Å². The lowest BCUT2D eigenvalue weighted by Gasteiger charge is -2.49. The Kier molecular flexibility index (Phi) is 9.18. The fraction of sp³-hybridized carbons (Fsp3) is 1.00. The van der Waals surface area contributed by atoms with Crippen LogP contribution in [0.3, 0.4) is 0 Å². The molecule has 1 aliphatic carbocycles. The lowest BCUT2D eigenvalue weighted by Crippen LogP contribution is -2.73. The average molecular weight is 501 g/mol. The quantitative estimate of drug-likeness (QED) is 0.161. The summed E-state index contributed by atoms with van der Waals surface area (Å²) in [5.74, 6) is 0. The number of hydrogen-bond donors (Lipinski definition) is 12. The molecule has 3 aliphatic rings. The highest BCUT2D eigenvalue weighted by atomic mass is 16.7. The van der Waals surface area contributed by atoms with E-state index in [1.807, 2.05) is 0 Å². The summed E-state index contributed by atoms with van der Waals surface area (Å²) in [7, 11) is 0. The molecular weight excluding hydrogens is 464 g/mol. The van der Waals surface area contributed by atoms with Crippen molar-refractivity contribution in [1.29, 1.82) is 0 Å². The summed E-state index contributed by atoms with van der Waals surface area (Å²) in [6, 6.07) is -3.89. The molecule has 200 valence electrons. The lowest BCUT2D eigenvalue weighted by atomic mass is 9.82. The van der Waals surface area contributed by atoms with Gasteiger partial charge in [-0.05, 0) is 0 Å². The Morgan fingerprint density at radius 2 is 1.06 bits per heavy atom. The first-order chi connectivity index (χ1) is 15.9. The van der Waals surface area contributed by atoms with Crippen LogP contribution in [0.25, 0.3) is 0 Å². The van der Waals surface area contributed by atoms with Crippen molar-refractivity contribution in [2.24, 2.45) is 22.9 Å². The maximum atomic E-state index is 10.9. The molecule has 16 N–H and O–H groups in total. The van der Waals surface area contributed by atoms with Crippen LogP contribution in [0.2, 0.25) is 0 Å². The number of rotatable bonds is 6. The third-order valence-electron chi connectivity index (χ3n) is 6.64. The van der Waals surface area contributed by atoms with Crippen LogP contribution >= 0.6 is 0 Å². The summed E-state index contributed by atoms with van der Waals surface area (Å²) < 4.78 is 21.9. The van der Waals surface area contributed by atoms with Gasteiger partial charge in [0, 0.05) is 6.54 Å². The van der Waals surface area contributed by atoms with E-state index in [0.29, 0.717) is 0 Å². The molecule has 0 aromatic heterocycles. The molecule has 0 aromatic rings. The van der Waals surface area contributed by atoms with Gasteiger partial charge in [0.2, 0.25) is 0 Å². The van der Waals surface area contributed by atoms with Crippen molar-refractivity contribution >= 4 is 0 Å². The maximum absolute atomic E-state index is 10.9. The molecule has 2 heterocycles. The smallest absolute Gasteiger partial charge is 0.187 e. The van der Waals surface area contributed by atoms with E-state index in [4.69, 9.17) is 41.9 Å². The first kappa shape index (κ1) is 27.9. The second-order valence-electron chi connectivity index (χ2n) is 8.87. The molecule has 0 radical (unpaired) electrons. The normalized spacial score (nSPS) is 54.7. The third kappa shape index (κ3) is 5.09. The largest absolute Gasteiger partial charge is 0.394 e. The van der Waals surface area contributed by atoms with Gasteiger partial charge in [-0.3, -0.25) is 0 Å². The Balaban J connectivity index is 1.77.